The predicted octanol–water partition coefficient (Wildman–Crippen LogP) is 0.167. The molecular formula is C7H15N2O7P. The molecule has 0 rings (SSSR count). The van der Waals surface area contributed by atoms with Crippen LogP contribution in [0.5, 0.6) is 0 Å². The van der Waals surface area contributed by atoms with Crippen molar-refractivity contribution in [2.75, 3.05) is 13.2 Å². The van der Waals surface area contributed by atoms with Gasteiger partial charge in [0.2, 0.25) is 6.04 Å². The molecule has 0 aliphatic heterocycles. The number of hydrogen-bond donors (Lipinski definition) is 3. The van der Waals surface area contributed by atoms with Crippen LogP contribution in [0.3, 0.4) is 0 Å². The van der Waals surface area contributed by atoms with E-state index in [0.717, 1.165) is 0 Å². The lowest BCUT2D eigenvalue weighted by Crippen LogP contribution is -2.26. The van der Waals surface area contributed by atoms with Crippen molar-refractivity contribution >= 4 is 13.8 Å². The van der Waals surface area contributed by atoms with Gasteiger partial charge in [0.1, 0.15) is 0 Å². The molecular weight excluding hydrogens is 255 g/mol. The highest BCUT2D eigenvalue weighted by molar-refractivity contribution is 7.46. The molecule has 0 bridgehead atoms. The van der Waals surface area contributed by atoms with E-state index in [2.05, 4.69) is 9.64 Å². The Kier molecular flexibility index (Phi) is 6.25. The van der Waals surface area contributed by atoms with Crippen LogP contribution < -0.4 is 0 Å². The maximum Gasteiger partial charge on any atom is 0.469 e. The number of carboxylic acids is 1. The first-order chi connectivity index (χ1) is 7.61. The third-order valence-electron chi connectivity index (χ3n) is 1.48. The number of rotatable bonds is 7. The number of phosphoric ester groups is 1. The van der Waals surface area contributed by atoms with Gasteiger partial charge in [0.05, 0.1) is 6.61 Å². The Bertz CT molecular complexity index is 337. The van der Waals surface area contributed by atoms with Crippen molar-refractivity contribution in [3.05, 3.63) is 5.21 Å². The number of aliphatic carboxylic acids is 1. The van der Waals surface area contributed by atoms with Gasteiger partial charge in [0.25, 0.3) is 0 Å². The summed E-state index contributed by atoms with van der Waals surface area (Å²) >= 11 is 0. The molecule has 1 unspecified atom stereocenters. The molecule has 0 spiro atoms. The van der Waals surface area contributed by atoms with Crippen molar-refractivity contribution < 1.29 is 33.6 Å². The van der Waals surface area contributed by atoms with Crippen LogP contribution in [0.4, 0.5) is 0 Å². The molecule has 0 aromatic heterocycles. The molecule has 0 radical (unpaired) electrons. The van der Waals surface area contributed by atoms with E-state index >= 15 is 0 Å². The van der Waals surface area contributed by atoms with Crippen LogP contribution in [-0.4, -0.2) is 44.9 Å². The van der Waals surface area contributed by atoms with Crippen molar-refractivity contribution in [1.29, 1.82) is 0 Å². The van der Waals surface area contributed by atoms with Crippen LogP contribution in [0.25, 0.3) is 0 Å². The zero-order valence-corrected chi connectivity index (χ0v) is 10.3. The first kappa shape index (κ1) is 16.0. The van der Waals surface area contributed by atoms with Crippen LogP contribution >= 0.6 is 7.82 Å². The van der Waals surface area contributed by atoms with Crippen molar-refractivity contribution in [3.63, 3.8) is 0 Å². The Morgan fingerprint density at radius 1 is 1.53 bits per heavy atom. The van der Waals surface area contributed by atoms with Crippen molar-refractivity contribution in [2.45, 2.75) is 19.9 Å². The summed E-state index contributed by atoms with van der Waals surface area (Å²) in [6, 6.07) is -1.64. The second kappa shape index (κ2) is 6.65. The van der Waals surface area contributed by atoms with Gasteiger partial charge in [-0.05, 0) is 5.11 Å². The van der Waals surface area contributed by atoms with Gasteiger partial charge in [-0.3, -0.25) is 4.52 Å². The van der Waals surface area contributed by atoms with Gasteiger partial charge in [-0.2, -0.15) is 0 Å². The summed E-state index contributed by atoms with van der Waals surface area (Å²) in [4.78, 5) is 27.6. The molecule has 9 nitrogen and oxygen atoms in total. The number of nitrogens with zero attached hydrogens (tertiary/aromatic N) is 2. The van der Waals surface area contributed by atoms with E-state index in [1.165, 1.54) is 0 Å². The molecule has 0 saturated heterocycles. The summed E-state index contributed by atoms with van der Waals surface area (Å²) in [6.45, 7) is 2.60. The largest absolute Gasteiger partial charge is 0.600 e. The molecule has 3 N–H and O–H groups in total. The second-order valence-corrected chi connectivity index (χ2v) is 4.92. The maximum absolute atomic E-state index is 11.1. The number of phosphoric acid groups is 1. The average molecular weight is 270 g/mol. The molecule has 0 fully saturated rings. The smallest absolute Gasteiger partial charge is 0.469 e. The lowest BCUT2D eigenvalue weighted by Gasteiger charge is -2.09. The summed E-state index contributed by atoms with van der Waals surface area (Å²) in [5.74, 6) is -1.52. The van der Waals surface area contributed by atoms with Gasteiger partial charge >= 0.3 is 13.8 Å². The van der Waals surface area contributed by atoms with E-state index in [1.807, 2.05) is 0 Å². The van der Waals surface area contributed by atoms with Gasteiger partial charge in [0.15, 0.2) is 6.54 Å². The van der Waals surface area contributed by atoms with E-state index in [1.54, 1.807) is 13.8 Å². The molecule has 10 heteroatoms. The Morgan fingerprint density at radius 2 is 2.06 bits per heavy atom. The number of carbonyl (C=O) groups is 1. The highest BCUT2D eigenvalue weighted by atomic mass is 31.2. The second-order valence-electron chi connectivity index (χ2n) is 3.68. The van der Waals surface area contributed by atoms with Gasteiger partial charge in [0, 0.05) is 5.92 Å². The summed E-state index contributed by atoms with van der Waals surface area (Å²) < 4.78 is 14.4. The Morgan fingerprint density at radius 3 is 2.41 bits per heavy atom. The van der Waals surface area contributed by atoms with Crippen LogP contribution in [-0.2, 0) is 13.9 Å². The number of azo groups is 1. The third kappa shape index (κ3) is 8.75. The molecule has 0 saturated carbocycles. The SMILES string of the molecule is CC(C)C[N+]([O-])=NC(COP(=O)(O)O)C(=O)O. The number of hydrogen-bond acceptors (Lipinski definition) is 5. The minimum atomic E-state index is -4.77. The Labute approximate surface area is 97.5 Å². The zero-order valence-electron chi connectivity index (χ0n) is 9.39. The van der Waals surface area contributed by atoms with Gasteiger partial charge in [-0.1, -0.05) is 18.7 Å². The van der Waals surface area contributed by atoms with Crippen molar-refractivity contribution in [1.82, 2.24) is 0 Å². The summed E-state index contributed by atoms with van der Waals surface area (Å²) in [5, 5.41) is 23.0. The molecule has 0 aliphatic carbocycles. The first-order valence-corrected chi connectivity index (χ1v) is 6.23. The first-order valence-electron chi connectivity index (χ1n) is 4.70. The summed E-state index contributed by atoms with van der Waals surface area (Å²) in [5.41, 5.74) is 0. The normalized spacial score (nSPS) is 15.0. The summed E-state index contributed by atoms with van der Waals surface area (Å²) in [7, 11) is -4.77. The topological polar surface area (TPSA) is 142 Å². The molecule has 100 valence electrons. The van der Waals surface area contributed by atoms with E-state index in [-0.39, 0.29) is 17.3 Å². The molecule has 1 atom stereocenters. The highest BCUT2D eigenvalue weighted by Gasteiger charge is 2.26. The standard InChI is InChI=1S/C7H15N2O7P/c1-5(2)3-9(12)8-6(7(10)11)4-16-17(13,14)15/h5-6H,3-4H2,1-2H3,(H,10,11)(H2,13,14,15). The quantitative estimate of drug-likeness (QED) is 0.259. The van der Waals surface area contributed by atoms with Crippen LogP contribution in [0.2, 0.25) is 0 Å². The van der Waals surface area contributed by atoms with Crippen molar-refractivity contribution in [3.8, 4) is 0 Å². The van der Waals surface area contributed by atoms with E-state index in [0.29, 0.717) is 0 Å². The zero-order chi connectivity index (χ0) is 13.6. The predicted molar refractivity (Wildman–Crippen MR) is 55.2 cm³/mol. The van der Waals surface area contributed by atoms with Crippen LogP contribution in [0, 0.1) is 11.1 Å². The molecule has 0 aliphatic rings. The number of hydroxylamine groups is 1. The maximum atomic E-state index is 11.1. The molecule has 0 heterocycles. The Hall–Kier alpha value is -1.02. The van der Waals surface area contributed by atoms with E-state index in [4.69, 9.17) is 14.9 Å². The Balaban J connectivity index is 4.54. The minimum absolute atomic E-state index is 0.0142. The highest BCUT2D eigenvalue weighted by Crippen LogP contribution is 2.35. The minimum Gasteiger partial charge on any atom is -0.600 e. The monoisotopic (exact) mass is 270 g/mol. The summed E-state index contributed by atoms with van der Waals surface area (Å²) in [6.07, 6.45) is 0. The van der Waals surface area contributed by atoms with Gasteiger partial charge < -0.3 is 20.1 Å². The van der Waals surface area contributed by atoms with Gasteiger partial charge in [-0.15, -0.1) is 0 Å². The molecule has 0 aromatic rings. The lowest BCUT2D eigenvalue weighted by atomic mass is 10.2. The lowest BCUT2D eigenvalue weighted by molar-refractivity contribution is -0.538. The fourth-order valence-corrected chi connectivity index (χ4v) is 1.17. The molecule has 17 heavy (non-hydrogen) atoms. The van der Waals surface area contributed by atoms with Gasteiger partial charge in [-0.25, -0.2) is 9.36 Å². The van der Waals surface area contributed by atoms with Crippen LogP contribution in [0.15, 0.2) is 5.11 Å². The third-order valence-corrected chi connectivity index (χ3v) is 1.96. The average Bonchev–Trinajstić information content (AvgIpc) is 2.08. The fourth-order valence-electron chi connectivity index (χ4n) is 0.837. The van der Waals surface area contributed by atoms with Crippen LogP contribution in [0.1, 0.15) is 13.8 Å². The molecule has 0 aromatic carbocycles. The number of carboxylic acid groups (broad SMARTS) is 1. The fraction of sp³-hybridized carbons (Fsp3) is 0.857. The van der Waals surface area contributed by atoms with E-state index in [9.17, 15) is 14.6 Å². The van der Waals surface area contributed by atoms with E-state index < -0.39 is 26.4 Å². The molecule has 0 amide bonds. The van der Waals surface area contributed by atoms with Crippen molar-refractivity contribution in [2.24, 2.45) is 11.0 Å².